The Labute approximate surface area is 150 Å². The third kappa shape index (κ3) is 2.05. The molecule has 2 atom stereocenters. The quantitative estimate of drug-likeness (QED) is 0.572. The first kappa shape index (κ1) is 15.4. The second kappa shape index (κ2) is 4.84. The lowest BCUT2D eigenvalue weighted by atomic mass is 9.61. The van der Waals surface area contributed by atoms with Gasteiger partial charge in [0.1, 0.15) is 5.78 Å². The van der Waals surface area contributed by atoms with Gasteiger partial charge in [0, 0.05) is 6.42 Å². The van der Waals surface area contributed by atoms with Crippen LogP contribution < -0.4 is 0 Å². The Hall–Kier alpha value is -1.89. The molecule has 3 aliphatic carbocycles. The van der Waals surface area contributed by atoms with E-state index in [1.54, 1.807) is 0 Å². The molecule has 2 unspecified atom stereocenters. The maximum Gasteiger partial charge on any atom is 0.144 e. The Morgan fingerprint density at radius 3 is 2.56 bits per heavy atom. The Morgan fingerprint density at radius 1 is 1.04 bits per heavy atom. The van der Waals surface area contributed by atoms with Crippen molar-refractivity contribution in [2.75, 3.05) is 0 Å². The van der Waals surface area contributed by atoms with Gasteiger partial charge in [0.05, 0.1) is 5.41 Å². The van der Waals surface area contributed by atoms with Gasteiger partial charge in [-0.25, -0.2) is 0 Å². The first-order valence-corrected chi connectivity index (χ1v) is 9.67. The average Bonchev–Trinajstić information content (AvgIpc) is 3.18. The topological polar surface area (TPSA) is 17.1 Å². The van der Waals surface area contributed by atoms with Crippen LogP contribution in [0.25, 0.3) is 10.8 Å². The molecule has 1 fully saturated rings. The molecule has 3 aliphatic rings. The van der Waals surface area contributed by atoms with E-state index in [9.17, 15) is 4.79 Å². The molecule has 0 aliphatic heterocycles. The van der Waals surface area contributed by atoms with E-state index in [2.05, 4.69) is 57.2 Å². The highest BCUT2D eigenvalue weighted by molar-refractivity contribution is 5.96. The summed E-state index contributed by atoms with van der Waals surface area (Å²) in [6.45, 7) is 6.80. The van der Waals surface area contributed by atoms with Gasteiger partial charge in [-0.2, -0.15) is 0 Å². The molecule has 1 saturated carbocycles. The van der Waals surface area contributed by atoms with Crippen molar-refractivity contribution < 1.29 is 4.79 Å². The van der Waals surface area contributed by atoms with E-state index < -0.39 is 0 Å². The number of carbonyl (C=O) groups is 1. The minimum Gasteiger partial charge on any atom is -0.299 e. The van der Waals surface area contributed by atoms with Crippen LogP contribution in [0.2, 0.25) is 0 Å². The molecule has 25 heavy (non-hydrogen) atoms. The normalized spacial score (nSPS) is 27.9. The van der Waals surface area contributed by atoms with Crippen molar-refractivity contribution in [2.24, 2.45) is 5.92 Å². The SMILES string of the molecule is CC(C)(C)c1ccc2cc3c(cc2c1)CCC(=O)C31CC2=CCC1C2. The molecule has 0 radical (unpaired) electrons. The summed E-state index contributed by atoms with van der Waals surface area (Å²) in [6.07, 6.45) is 7.25. The Balaban J connectivity index is 1.72. The summed E-state index contributed by atoms with van der Waals surface area (Å²) in [4.78, 5) is 13.1. The summed E-state index contributed by atoms with van der Waals surface area (Å²) in [5.74, 6) is 1.01. The molecule has 2 aromatic rings. The largest absolute Gasteiger partial charge is 0.299 e. The van der Waals surface area contributed by atoms with Gasteiger partial charge in [0.2, 0.25) is 0 Å². The molecule has 2 bridgehead atoms. The number of allylic oxidation sites excluding steroid dienone is 2. The smallest absolute Gasteiger partial charge is 0.144 e. The van der Waals surface area contributed by atoms with Crippen LogP contribution in [0, 0.1) is 5.92 Å². The lowest BCUT2D eigenvalue weighted by Gasteiger charge is -2.40. The summed E-state index contributed by atoms with van der Waals surface area (Å²) >= 11 is 0. The highest BCUT2D eigenvalue weighted by atomic mass is 16.1. The number of hydrogen-bond acceptors (Lipinski definition) is 1. The van der Waals surface area contributed by atoms with Crippen molar-refractivity contribution in [2.45, 2.75) is 63.7 Å². The van der Waals surface area contributed by atoms with E-state index in [4.69, 9.17) is 0 Å². The van der Waals surface area contributed by atoms with Gasteiger partial charge in [-0.15, -0.1) is 0 Å². The van der Waals surface area contributed by atoms with Crippen LogP contribution in [0.15, 0.2) is 42.0 Å². The van der Waals surface area contributed by atoms with Gasteiger partial charge in [-0.05, 0) is 70.5 Å². The van der Waals surface area contributed by atoms with E-state index in [0.717, 1.165) is 32.1 Å². The fourth-order valence-electron chi connectivity index (χ4n) is 5.51. The number of rotatable bonds is 0. The molecule has 0 N–H and O–H groups in total. The number of ketones is 1. The lowest BCUT2D eigenvalue weighted by molar-refractivity contribution is -0.126. The summed E-state index contributed by atoms with van der Waals surface area (Å²) < 4.78 is 0. The molecule has 128 valence electrons. The summed E-state index contributed by atoms with van der Waals surface area (Å²) in [6, 6.07) is 11.6. The third-order valence-electron chi connectivity index (χ3n) is 6.93. The Kier molecular flexibility index (Phi) is 2.98. The lowest BCUT2D eigenvalue weighted by Crippen LogP contribution is -2.43. The van der Waals surface area contributed by atoms with Crippen LogP contribution >= 0.6 is 0 Å². The highest BCUT2D eigenvalue weighted by Gasteiger charge is 2.55. The number of hydrogen-bond donors (Lipinski definition) is 0. The van der Waals surface area contributed by atoms with Gasteiger partial charge < -0.3 is 0 Å². The van der Waals surface area contributed by atoms with E-state index in [1.165, 1.54) is 33.0 Å². The van der Waals surface area contributed by atoms with Crippen molar-refractivity contribution >= 4 is 16.6 Å². The van der Waals surface area contributed by atoms with Crippen molar-refractivity contribution in [3.8, 4) is 0 Å². The number of aryl methyl sites for hydroxylation is 1. The minimum atomic E-state index is -0.200. The van der Waals surface area contributed by atoms with E-state index in [-0.39, 0.29) is 10.8 Å². The van der Waals surface area contributed by atoms with Gasteiger partial charge in [-0.3, -0.25) is 4.79 Å². The van der Waals surface area contributed by atoms with Crippen molar-refractivity contribution in [3.63, 3.8) is 0 Å². The maximum absolute atomic E-state index is 13.1. The maximum atomic E-state index is 13.1. The molecule has 0 aromatic heterocycles. The molecule has 5 rings (SSSR count). The van der Waals surface area contributed by atoms with Crippen molar-refractivity contribution in [1.29, 1.82) is 0 Å². The zero-order valence-corrected chi connectivity index (χ0v) is 15.5. The van der Waals surface area contributed by atoms with Crippen LogP contribution in [0.5, 0.6) is 0 Å². The average molecular weight is 330 g/mol. The predicted octanol–water partition coefficient (Wildman–Crippen LogP) is 5.63. The second-order valence-electron chi connectivity index (χ2n) is 9.39. The number of fused-ring (bicyclic) bond motifs is 6. The molecule has 0 saturated heterocycles. The monoisotopic (exact) mass is 330 g/mol. The van der Waals surface area contributed by atoms with Gasteiger partial charge >= 0.3 is 0 Å². The van der Waals surface area contributed by atoms with E-state index in [1.807, 2.05) is 0 Å². The summed E-state index contributed by atoms with van der Waals surface area (Å²) in [5.41, 5.74) is 5.65. The molecule has 1 nitrogen and oxygen atoms in total. The van der Waals surface area contributed by atoms with E-state index >= 15 is 0 Å². The third-order valence-corrected chi connectivity index (χ3v) is 6.93. The first-order chi connectivity index (χ1) is 11.9. The van der Waals surface area contributed by atoms with Gasteiger partial charge in [0.15, 0.2) is 0 Å². The van der Waals surface area contributed by atoms with Crippen LogP contribution in [-0.4, -0.2) is 5.78 Å². The molecule has 2 aromatic carbocycles. The standard InChI is InChI=1S/C24H26O/c1-23(2,3)19-8-5-16-13-21-17(11-18(16)12-19)6-9-22(25)24(21)14-15-4-7-20(24)10-15/h4-5,8,11-13,20H,6-7,9-10,14H2,1-3H3. The fourth-order valence-corrected chi connectivity index (χ4v) is 5.51. The van der Waals surface area contributed by atoms with Crippen molar-refractivity contribution in [1.82, 2.24) is 0 Å². The summed E-state index contributed by atoms with van der Waals surface area (Å²) in [7, 11) is 0. The molecule has 1 spiro atoms. The zero-order chi connectivity index (χ0) is 17.4. The van der Waals surface area contributed by atoms with Crippen LogP contribution in [0.4, 0.5) is 0 Å². The van der Waals surface area contributed by atoms with Crippen LogP contribution in [0.1, 0.15) is 63.1 Å². The van der Waals surface area contributed by atoms with Crippen LogP contribution in [-0.2, 0) is 22.0 Å². The number of carbonyl (C=O) groups excluding carboxylic acids is 1. The molecular formula is C24H26O. The highest BCUT2D eigenvalue weighted by Crippen LogP contribution is 2.57. The molecule has 0 amide bonds. The molecular weight excluding hydrogens is 304 g/mol. The molecule has 0 heterocycles. The fraction of sp³-hybridized carbons (Fsp3) is 0.458. The Bertz CT molecular complexity index is 940. The predicted molar refractivity (Wildman–Crippen MR) is 103 cm³/mol. The Morgan fingerprint density at radius 2 is 1.88 bits per heavy atom. The van der Waals surface area contributed by atoms with Gasteiger partial charge in [0.25, 0.3) is 0 Å². The number of benzene rings is 2. The zero-order valence-electron chi connectivity index (χ0n) is 15.5. The van der Waals surface area contributed by atoms with Gasteiger partial charge in [-0.1, -0.05) is 56.7 Å². The summed E-state index contributed by atoms with van der Waals surface area (Å²) in [5, 5.41) is 2.62. The second-order valence-corrected chi connectivity index (χ2v) is 9.39. The first-order valence-electron chi connectivity index (χ1n) is 9.67. The molecule has 1 heteroatoms. The minimum absolute atomic E-state index is 0.165. The number of Topliss-reactive ketones (excluding diaryl/α,β-unsaturated/α-hetero) is 1. The van der Waals surface area contributed by atoms with E-state index in [0.29, 0.717) is 11.7 Å². The van der Waals surface area contributed by atoms with Crippen molar-refractivity contribution in [3.05, 3.63) is 58.7 Å². The van der Waals surface area contributed by atoms with Crippen LogP contribution in [0.3, 0.4) is 0 Å².